The maximum atomic E-state index is 11.6. The first-order valence-electron chi connectivity index (χ1n) is 7.74. The van der Waals surface area contributed by atoms with E-state index < -0.39 is 6.10 Å². The number of aliphatic hydroxyl groups excluding tert-OH is 1. The predicted molar refractivity (Wildman–Crippen MR) is 88.0 cm³/mol. The van der Waals surface area contributed by atoms with Crippen LogP contribution in [0.1, 0.15) is 18.6 Å². The molecule has 6 heteroatoms. The van der Waals surface area contributed by atoms with E-state index in [0.717, 1.165) is 31.7 Å². The summed E-state index contributed by atoms with van der Waals surface area (Å²) in [5, 5.41) is 13.7. The zero-order chi connectivity index (χ0) is 15.9. The summed E-state index contributed by atoms with van der Waals surface area (Å²) in [7, 11) is 0. The summed E-state index contributed by atoms with van der Waals surface area (Å²) in [6.07, 6.45) is -0.580. The van der Waals surface area contributed by atoms with Crippen molar-refractivity contribution in [1.82, 2.24) is 15.1 Å². The number of piperazine rings is 1. The van der Waals surface area contributed by atoms with E-state index >= 15 is 0 Å². The van der Waals surface area contributed by atoms with Gasteiger partial charge in [0.15, 0.2) is 0 Å². The number of aliphatic hydroxyl groups is 1. The second-order valence-electron chi connectivity index (χ2n) is 5.57. The van der Waals surface area contributed by atoms with Gasteiger partial charge < -0.3 is 10.4 Å². The number of likely N-dealkylation sites (N-methyl/N-ethyl adjacent to an activating group) is 1. The van der Waals surface area contributed by atoms with Crippen LogP contribution in [0.4, 0.5) is 0 Å². The van der Waals surface area contributed by atoms with Crippen molar-refractivity contribution in [2.24, 2.45) is 0 Å². The fourth-order valence-electron chi connectivity index (χ4n) is 2.67. The fraction of sp³-hybridized carbons (Fsp3) is 0.562. The first-order valence-corrected chi connectivity index (χ1v) is 8.12. The molecule has 1 aliphatic rings. The standard InChI is InChI=1S/C16H24ClN3O2/c1-2-18-16(22)12-20-9-7-19(8-10-20)11-15(21)13-5-3-4-6-14(13)17/h3-6,15,21H,2,7-12H2,1H3,(H,18,22)/t15-/m1/s1. The molecule has 0 aromatic heterocycles. The molecule has 0 spiro atoms. The van der Waals surface area contributed by atoms with Crippen LogP contribution in [-0.4, -0.2) is 66.6 Å². The van der Waals surface area contributed by atoms with Crippen LogP contribution >= 0.6 is 11.6 Å². The molecule has 0 aliphatic carbocycles. The summed E-state index contributed by atoms with van der Waals surface area (Å²) in [4.78, 5) is 15.9. The van der Waals surface area contributed by atoms with Crippen molar-refractivity contribution in [2.45, 2.75) is 13.0 Å². The fourth-order valence-corrected chi connectivity index (χ4v) is 2.94. The lowest BCUT2D eigenvalue weighted by Crippen LogP contribution is -2.50. The Morgan fingerprint density at radius 2 is 1.91 bits per heavy atom. The molecule has 1 atom stereocenters. The third-order valence-electron chi connectivity index (χ3n) is 3.90. The van der Waals surface area contributed by atoms with Gasteiger partial charge in [0.05, 0.1) is 12.6 Å². The van der Waals surface area contributed by atoms with Crippen LogP contribution in [0.25, 0.3) is 0 Å². The number of nitrogens with one attached hydrogen (secondary N) is 1. The first kappa shape index (κ1) is 17.2. The normalized spacial score (nSPS) is 18.1. The number of carbonyl (C=O) groups excluding carboxylic acids is 1. The molecule has 122 valence electrons. The number of rotatable bonds is 6. The molecule has 1 fully saturated rings. The van der Waals surface area contributed by atoms with Crippen LogP contribution in [0.3, 0.4) is 0 Å². The molecule has 1 aliphatic heterocycles. The van der Waals surface area contributed by atoms with Crippen LogP contribution < -0.4 is 5.32 Å². The monoisotopic (exact) mass is 325 g/mol. The number of benzene rings is 1. The Balaban J connectivity index is 1.78. The molecule has 2 rings (SSSR count). The molecule has 0 unspecified atom stereocenters. The molecular weight excluding hydrogens is 302 g/mol. The highest BCUT2D eigenvalue weighted by atomic mass is 35.5. The van der Waals surface area contributed by atoms with Gasteiger partial charge in [0.1, 0.15) is 0 Å². The van der Waals surface area contributed by atoms with Crippen molar-refractivity contribution in [1.29, 1.82) is 0 Å². The lowest BCUT2D eigenvalue weighted by Gasteiger charge is -2.35. The summed E-state index contributed by atoms with van der Waals surface area (Å²) in [5.74, 6) is 0.0760. The highest BCUT2D eigenvalue weighted by Crippen LogP contribution is 2.23. The molecule has 0 radical (unpaired) electrons. The molecule has 2 N–H and O–H groups in total. The van der Waals surface area contributed by atoms with E-state index in [4.69, 9.17) is 11.6 Å². The van der Waals surface area contributed by atoms with Crippen LogP contribution in [0, 0.1) is 0 Å². The summed E-state index contributed by atoms with van der Waals surface area (Å²) in [6, 6.07) is 7.40. The maximum Gasteiger partial charge on any atom is 0.234 e. The average Bonchev–Trinajstić information content (AvgIpc) is 2.50. The van der Waals surface area contributed by atoms with Crippen LogP contribution in [0.2, 0.25) is 5.02 Å². The van der Waals surface area contributed by atoms with Crippen molar-refractivity contribution in [3.63, 3.8) is 0 Å². The van der Waals surface area contributed by atoms with E-state index in [1.165, 1.54) is 0 Å². The van der Waals surface area contributed by atoms with Gasteiger partial charge in [-0.15, -0.1) is 0 Å². The smallest absolute Gasteiger partial charge is 0.234 e. The average molecular weight is 326 g/mol. The highest BCUT2D eigenvalue weighted by molar-refractivity contribution is 6.31. The lowest BCUT2D eigenvalue weighted by atomic mass is 10.1. The van der Waals surface area contributed by atoms with Gasteiger partial charge >= 0.3 is 0 Å². The van der Waals surface area contributed by atoms with E-state index in [2.05, 4.69) is 15.1 Å². The van der Waals surface area contributed by atoms with Crippen molar-refractivity contribution in [3.05, 3.63) is 34.9 Å². The molecule has 22 heavy (non-hydrogen) atoms. The maximum absolute atomic E-state index is 11.6. The van der Waals surface area contributed by atoms with E-state index in [9.17, 15) is 9.90 Å². The van der Waals surface area contributed by atoms with Gasteiger partial charge in [-0.1, -0.05) is 29.8 Å². The molecule has 1 amide bonds. The summed E-state index contributed by atoms with van der Waals surface area (Å²) >= 11 is 6.12. The Hall–Kier alpha value is -1.14. The lowest BCUT2D eigenvalue weighted by molar-refractivity contribution is -0.122. The largest absolute Gasteiger partial charge is 0.387 e. The molecule has 5 nitrogen and oxygen atoms in total. The minimum absolute atomic E-state index is 0.0760. The number of carbonyl (C=O) groups is 1. The van der Waals surface area contributed by atoms with Crippen molar-refractivity contribution < 1.29 is 9.90 Å². The number of hydrogen-bond donors (Lipinski definition) is 2. The van der Waals surface area contributed by atoms with Crippen molar-refractivity contribution in [2.75, 3.05) is 45.8 Å². The van der Waals surface area contributed by atoms with E-state index in [0.29, 0.717) is 24.7 Å². The van der Waals surface area contributed by atoms with Gasteiger partial charge in [0.25, 0.3) is 0 Å². The number of hydrogen-bond acceptors (Lipinski definition) is 4. The topological polar surface area (TPSA) is 55.8 Å². The minimum atomic E-state index is -0.580. The SMILES string of the molecule is CCNC(=O)CN1CCN(C[C@@H](O)c2ccccc2Cl)CC1. The number of amides is 1. The third kappa shape index (κ3) is 4.95. The van der Waals surface area contributed by atoms with E-state index in [-0.39, 0.29) is 5.91 Å². The Morgan fingerprint density at radius 1 is 1.27 bits per heavy atom. The Labute approximate surface area is 136 Å². The predicted octanol–water partition coefficient (Wildman–Crippen LogP) is 1.13. The van der Waals surface area contributed by atoms with Gasteiger partial charge in [0, 0.05) is 49.9 Å². The van der Waals surface area contributed by atoms with Crippen LogP contribution in [-0.2, 0) is 4.79 Å². The van der Waals surface area contributed by atoms with Gasteiger partial charge in [-0.3, -0.25) is 14.6 Å². The Kier molecular flexibility index (Phi) is 6.64. The Morgan fingerprint density at radius 3 is 2.55 bits per heavy atom. The first-order chi connectivity index (χ1) is 10.6. The van der Waals surface area contributed by atoms with Crippen LogP contribution in [0.5, 0.6) is 0 Å². The van der Waals surface area contributed by atoms with E-state index in [1.807, 2.05) is 25.1 Å². The summed E-state index contributed by atoms with van der Waals surface area (Å²) in [5.41, 5.74) is 0.772. The van der Waals surface area contributed by atoms with Gasteiger partial charge in [-0.25, -0.2) is 0 Å². The van der Waals surface area contributed by atoms with Crippen molar-refractivity contribution in [3.8, 4) is 0 Å². The molecular formula is C16H24ClN3O2. The minimum Gasteiger partial charge on any atom is -0.387 e. The molecule has 0 saturated carbocycles. The van der Waals surface area contributed by atoms with Crippen LogP contribution in [0.15, 0.2) is 24.3 Å². The summed E-state index contributed by atoms with van der Waals surface area (Å²) < 4.78 is 0. The second kappa shape index (κ2) is 8.48. The molecule has 1 aromatic carbocycles. The summed E-state index contributed by atoms with van der Waals surface area (Å²) in [6.45, 7) is 6.99. The Bertz CT molecular complexity index is 490. The zero-order valence-corrected chi connectivity index (χ0v) is 13.7. The molecule has 1 aromatic rings. The van der Waals surface area contributed by atoms with Gasteiger partial charge in [-0.05, 0) is 13.0 Å². The quantitative estimate of drug-likeness (QED) is 0.823. The molecule has 1 heterocycles. The van der Waals surface area contributed by atoms with Gasteiger partial charge in [-0.2, -0.15) is 0 Å². The highest BCUT2D eigenvalue weighted by Gasteiger charge is 2.21. The molecule has 0 bridgehead atoms. The van der Waals surface area contributed by atoms with Gasteiger partial charge in [0.2, 0.25) is 5.91 Å². The zero-order valence-electron chi connectivity index (χ0n) is 13.0. The number of nitrogens with zero attached hydrogens (tertiary/aromatic N) is 2. The number of halogens is 1. The third-order valence-corrected chi connectivity index (χ3v) is 4.25. The molecule has 1 saturated heterocycles. The van der Waals surface area contributed by atoms with Crippen molar-refractivity contribution >= 4 is 17.5 Å². The van der Waals surface area contributed by atoms with E-state index in [1.54, 1.807) is 6.07 Å². The number of β-amino-alcohol motifs (C(OH)–C–C–N with tert-alkyl or cyclic N) is 1. The second-order valence-corrected chi connectivity index (χ2v) is 5.97.